The molecule has 0 radical (unpaired) electrons. The monoisotopic (exact) mass is 516 g/mol. The third kappa shape index (κ3) is 11.3. The summed E-state index contributed by atoms with van der Waals surface area (Å²) in [7, 11) is -3.59. The van der Waals surface area contributed by atoms with Gasteiger partial charge in [0, 0.05) is 32.8 Å². The molecule has 156 valence electrons. The van der Waals surface area contributed by atoms with Gasteiger partial charge in [-0.15, -0.1) is 24.0 Å². The Kier molecular flexibility index (Phi) is 13.4. The molecule has 10 heteroatoms. The lowest BCUT2D eigenvalue weighted by atomic mass is 10.2. The van der Waals surface area contributed by atoms with E-state index in [0.29, 0.717) is 37.8 Å². The fourth-order valence-corrected chi connectivity index (χ4v) is 2.99. The fraction of sp³-hybridized carbons (Fsp3) is 0.588. The van der Waals surface area contributed by atoms with Crippen LogP contribution in [0.15, 0.2) is 23.2 Å². The zero-order valence-electron chi connectivity index (χ0n) is 16.0. The maximum absolute atomic E-state index is 13.5. The first kappa shape index (κ1) is 25.9. The first-order chi connectivity index (χ1) is 12.4. The van der Waals surface area contributed by atoms with E-state index in [9.17, 15) is 12.8 Å². The molecule has 1 aromatic carbocycles. The largest absolute Gasteiger partial charge is 0.382 e. The summed E-state index contributed by atoms with van der Waals surface area (Å²) >= 11 is 0. The summed E-state index contributed by atoms with van der Waals surface area (Å²) in [6.45, 7) is 8.25. The summed E-state index contributed by atoms with van der Waals surface area (Å²) in [6.07, 6.45) is 0.795. The van der Waals surface area contributed by atoms with Crippen LogP contribution in [0.4, 0.5) is 10.1 Å². The Balaban J connectivity index is 0.00000676. The van der Waals surface area contributed by atoms with Crippen LogP contribution < -0.4 is 15.4 Å². The highest BCUT2D eigenvalue weighted by atomic mass is 127. The van der Waals surface area contributed by atoms with E-state index >= 15 is 0 Å². The molecule has 0 fully saturated rings. The number of aryl methyl sites for hydroxylation is 1. The van der Waals surface area contributed by atoms with Gasteiger partial charge in [0.1, 0.15) is 5.82 Å². The lowest BCUT2D eigenvalue weighted by Crippen LogP contribution is -2.40. The number of halogens is 2. The van der Waals surface area contributed by atoms with Crippen molar-refractivity contribution >= 4 is 45.6 Å². The molecule has 0 amide bonds. The van der Waals surface area contributed by atoms with Gasteiger partial charge in [0.2, 0.25) is 10.0 Å². The van der Waals surface area contributed by atoms with Gasteiger partial charge in [-0.2, -0.15) is 0 Å². The van der Waals surface area contributed by atoms with Crippen molar-refractivity contribution in [1.29, 1.82) is 0 Å². The summed E-state index contributed by atoms with van der Waals surface area (Å²) in [5.41, 5.74) is 0.676. The minimum absolute atomic E-state index is 0. The molecule has 0 spiro atoms. The van der Waals surface area contributed by atoms with Crippen molar-refractivity contribution in [3.63, 3.8) is 0 Å². The van der Waals surface area contributed by atoms with Gasteiger partial charge in [-0.3, -0.25) is 9.71 Å². The normalized spacial score (nSPS) is 11.6. The molecule has 3 N–H and O–H groups in total. The number of hydrogen-bond donors (Lipinski definition) is 3. The standard InChI is InChI=1S/C17H29FN4O3S.HI/c1-4-19-17(20-9-6-11-25-5-2)21-10-12-26(23,24)22-15-8-7-14(3)16(18)13-15;/h7-8,13,22H,4-6,9-12H2,1-3H3,(H2,19,20,21);1H. The molecule has 0 bridgehead atoms. The SMILES string of the molecule is CCNC(=NCCCOCC)NCCS(=O)(=O)Nc1ccc(C)c(F)c1.I. The molecule has 0 atom stereocenters. The second-order valence-electron chi connectivity index (χ2n) is 5.62. The molecule has 0 aliphatic carbocycles. The molecule has 1 rings (SSSR count). The summed E-state index contributed by atoms with van der Waals surface area (Å²) in [5, 5.41) is 6.04. The molecular formula is C17H30FIN4O3S. The van der Waals surface area contributed by atoms with Gasteiger partial charge in [0.05, 0.1) is 11.4 Å². The van der Waals surface area contributed by atoms with Crippen LogP contribution in [-0.2, 0) is 14.8 Å². The molecular weight excluding hydrogens is 486 g/mol. The number of nitrogens with zero attached hydrogens (tertiary/aromatic N) is 1. The van der Waals surface area contributed by atoms with E-state index < -0.39 is 15.8 Å². The summed E-state index contributed by atoms with van der Waals surface area (Å²) in [6, 6.07) is 4.24. The van der Waals surface area contributed by atoms with E-state index in [1.54, 1.807) is 6.92 Å². The third-order valence-corrected chi connectivity index (χ3v) is 4.66. The molecule has 7 nitrogen and oxygen atoms in total. The van der Waals surface area contributed by atoms with Gasteiger partial charge in [-0.05, 0) is 44.9 Å². The van der Waals surface area contributed by atoms with Crippen LogP contribution in [0.3, 0.4) is 0 Å². The van der Waals surface area contributed by atoms with Crippen LogP contribution in [0.1, 0.15) is 25.8 Å². The first-order valence-corrected chi connectivity index (χ1v) is 10.4. The van der Waals surface area contributed by atoms with Gasteiger partial charge in [0.15, 0.2) is 5.96 Å². The number of sulfonamides is 1. The Labute approximate surface area is 178 Å². The van der Waals surface area contributed by atoms with E-state index in [-0.39, 0.29) is 42.0 Å². The topological polar surface area (TPSA) is 91.8 Å². The maximum atomic E-state index is 13.5. The number of hydrogen-bond acceptors (Lipinski definition) is 4. The second-order valence-corrected chi connectivity index (χ2v) is 7.46. The average Bonchev–Trinajstić information content (AvgIpc) is 2.57. The zero-order chi connectivity index (χ0) is 19.4. The highest BCUT2D eigenvalue weighted by Crippen LogP contribution is 2.14. The van der Waals surface area contributed by atoms with Crippen LogP contribution >= 0.6 is 24.0 Å². The second kappa shape index (κ2) is 13.9. The molecule has 0 unspecified atom stereocenters. The van der Waals surface area contributed by atoms with Crippen molar-refractivity contribution < 1.29 is 17.5 Å². The Bertz CT molecular complexity index is 687. The van der Waals surface area contributed by atoms with Crippen LogP contribution in [0.2, 0.25) is 0 Å². The van der Waals surface area contributed by atoms with Crippen molar-refractivity contribution in [3.8, 4) is 0 Å². The number of benzene rings is 1. The number of aliphatic imine (C=N–C) groups is 1. The van der Waals surface area contributed by atoms with Gasteiger partial charge in [0.25, 0.3) is 0 Å². The predicted octanol–water partition coefficient (Wildman–Crippen LogP) is 2.48. The predicted molar refractivity (Wildman–Crippen MR) is 119 cm³/mol. The molecule has 0 aliphatic heterocycles. The minimum Gasteiger partial charge on any atom is -0.382 e. The van der Waals surface area contributed by atoms with Gasteiger partial charge in [-0.1, -0.05) is 6.07 Å². The van der Waals surface area contributed by atoms with Crippen LogP contribution in [0.5, 0.6) is 0 Å². The number of guanidine groups is 1. The van der Waals surface area contributed by atoms with E-state index in [1.165, 1.54) is 18.2 Å². The van der Waals surface area contributed by atoms with Crippen molar-refractivity contribution in [2.45, 2.75) is 27.2 Å². The van der Waals surface area contributed by atoms with Crippen molar-refractivity contribution in [2.24, 2.45) is 4.99 Å². The minimum atomic E-state index is -3.59. The molecule has 0 heterocycles. The Morgan fingerprint density at radius 2 is 2.00 bits per heavy atom. The van der Waals surface area contributed by atoms with Crippen molar-refractivity contribution in [3.05, 3.63) is 29.6 Å². The Morgan fingerprint density at radius 1 is 1.26 bits per heavy atom. The molecule has 0 saturated heterocycles. The lowest BCUT2D eigenvalue weighted by molar-refractivity contribution is 0.146. The number of rotatable bonds is 11. The fourth-order valence-electron chi connectivity index (χ4n) is 2.03. The molecule has 1 aromatic rings. The van der Waals surface area contributed by atoms with Crippen LogP contribution in [0.25, 0.3) is 0 Å². The van der Waals surface area contributed by atoms with E-state index in [4.69, 9.17) is 4.74 Å². The molecule has 0 saturated carbocycles. The van der Waals surface area contributed by atoms with Crippen LogP contribution in [-0.4, -0.2) is 53.0 Å². The smallest absolute Gasteiger partial charge is 0.234 e. The van der Waals surface area contributed by atoms with Gasteiger partial charge in [-0.25, -0.2) is 12.8 Å². The molecule has 27 heavy (non-hydrogen) atoms. The summed E-state index contributed by atoms with van der Waals surface area (Å²) < 4.78 is 45.4. The molecule has 0 aromatic heterocycles. The number of ether oxygens (including phenoxy) is 1. The molecule has 0 aliphatic rings. The maximum Gasteiger partial charge on any atom is 0.234 e. The van der Waals surface area contributed by atoms with Gasteiger partial charge < -0.3 is 15.4 Å². The first-order valence-electron chi connectivity index (χ1n) is 8.74. The van der Waals surface area contributed by atoms with Crippen molar-refractivity contribution in [2.75, 3.05) is 43.3 Å². The van der Waals surface area contributed by atoms with Gasteiger partial charge >= 0.3 is 0 Å². The highest BCUT2D eigenvalue weighted by Gasteiger charge is 2.11. The summed E-state index contributed by atoms with van der Waals surface area (Å²) in [4.78, 5) is 4.36. The van der Waals surface area contributed by atoms with Crippen molar-refractivity contribution in [1.82, 2.24) is 10.6 Å². The zero-order valence-corrected chi connectivity index (χ0v) is 19.2. The highest BCUT2D eigenvalue weighted by molar-refractivity contribution is 14.0. The van der Waals surface area contributed by atoms with E-state index in [0.717, 1.165) is 6.42 Å². The lowest BCUT2D eigenvalue weighted by Gasteiger charge is -2.12. The number of nitrogens with one attached hydrogen (secondary N) is 3. The van der Waals surface area contributed by atoms with E-state index in [1.807, 2.05) is 13.8 Å². The quantitative estimate of drug-likeness (QED) is 0.182. The number of anilines is 1. The Morgan fingerprint density at radius 3 is 2.63 bits per heavy atom. The van der Waals surface area contributed by atoms with Crippen LogP contribution in [0, 0.1) is 12.7 Å². The third-order valence-electron chi connectivity index (χ3n) is 3.37. The Hall–Kier alpha value is -1.14. The summed E-state index contributed by atoms with van der Waals surface area (Å²) in [5.74, 6) is -0.0520. The average molecular weight is 516 g/mol. The van der Waals surface area contributed by atoms with E-state index in [2.05, 4.69) is 20.3 Å².